The number of ether oxygens (including phenoxy) is 1. The lowest BCUT2D eigenvalue weighted by Crippen LogP contribution is -2.40. The summed E-state index contributed by atoms with van der Waals surface area (Å²) < 4.78 is 19.0. The zero-order valence-corrected chi connectivity index (χ0v) is 13.2. The molecule has 6 heteroatoms. The lowest BCUT2D eigenvalue weighted by atomic mass is 9.74. The maximum Gasteiger partial charge on any atom is 0.292 e. The standard InChI is InChI=1S/C18H19FN2O3/c19-15-6-7-17(21(22)23)16(12-15)20-13-18(8-10-24-11-9-18)14-4-2-1-3-5-14/h1-7,12,20H,8-11,13H2. The molecular weight excluding hydrogens is 311 g/mol. The van der Waals surface area contributed by atoms with Crippen LogP contribution in [0.2, 0.25) is 0 Å². The lowest BCUT2D eigenvalue weighted by molar-refractivity contribution is -0.384. The van der Waals surface area contributed by atoms with Crippen molar-refractivity contribution in [3.05, 3.63) is 70.0 Å². The van der Waals surface area contributed by atoms with Gasteiger partial charge in [0.05, 0.1) is 4.92 Å². The Kier molecular flexibility index (Phi) is 4.76. The Morgan fingerprint density at radius 2 is 1.88 bits per heavy atom. The summed E-state index contributed by atoms with van der Waals surface area (Å²) in [6, 6.07) is 13.5. The molecular formula is C18H19FN2O3. The maximum absolute atomic E-state index is 13.5. The van der Waals surface area contributed by atoms with Gasteiger partial charge in [-0.05, 0) is 24.5 Å². The van der Waals surface area contributed by atoms with Gasteiger partial charge in [0.15, 0.2) is 0 Å². The van der Waals surface area contributed by atoms with Gasteiger partial charge in [-0.3, -0.25) is 10.1 Å². The Morgan fingerprint density at radius 1 is 1.17 bits per heavy atom. The number of nitrogens with zero attached hydrogens (tertiary/aromatic N) is 1. The quantitative estimate of drug-likeness (QED) is 0.667. The van der Waals surface area contributed by atoms with Gasteiger partial charge in [-0.15, -0.1) is 0 Å². The molecule has 0 atom stereocenters. The van der Waals surface area contributed by atoms with Crippen LogP contribution >= 0.6 is 0 Å². The van der Waals surface area contributed by atoms with Crippen molar-refractivity contribution in [2.75, 3.05) is 25.1 Å². The van der Waals surface area contributed by atoms with Crippen LogP contribution in [-0.4, -0.2) is 24.7 Å². The molecule has 0 radical (unpaired) electrons. The van der Waals surface area contributed by atoms with Crippen molar-refractivity contribution >= 4 is 11.4 Å². The summed E-state index contributed by atoms with van der Waals surface area (Å²) in [5, 5.41) is 14.3. The van der Waals surface area contributed by atoms with Gasteiger partial charge in [-0.25, -0.2) is 4.39 Å². The zero-order chi connectivity index (χ0) is 17.0. The van der Waals surface area contributed by atoms with Crippen molar-refractivity contribution in [3.63, 3.8) is 0 Å². The second-order valence-corrected chi connectivity index (χ2v) is 6.03. The molecule has 24 heavy (non-hydrogen) atoms. The summed E-state index contributed by atoms with van der Waals surface area (Å²) in [6.45, 7) is 1.77. The topological polar surface area (TPSA) is 64.4 Å². The number of benzene rings is 2. The minimum Gasteiger partial charge on any atom is -0.381 e. The van der Waals surface area contributed by atoms with Gasteiger partial charge in [-0.2, -0.15) is 0 Å². The molecule has 0 spiro atoms. The van der Waals surface area contributed by atoms with E-state index in [1.807, 2.05) is 18.2 Å². The highest BCUT2D eigenvalue weighted by Crippen LogP contribution is 2.36. The highest BCUT2D eigenvalue weighted by Gasteiger charge is 2.34. The number of rotatable bonds is 5. The molecule has 1 N–H and O–H groups in total. The molecule has 5 nitrogen and oxygen atoms in total. The molecule has 0 unspecified atom stereocenters. The summed E-state index contributed by atoms with van der Waals surface area (Å²) in [4.78, 5) is 10.7. The van der Waals surface area contributed by atoms with Gasteiger partial charge in [-0.1, -0.05) is 30.3 Å². The predicted molar refractivity (Wildman–Crippen MR) is 89.7 cm³/mol. The molecule has 3 rings (SSSR count). The van der Waals surface area contributed by atoms with E-state index in [1.165, 1.54) is 17.7 Å². The van der Waals surface area contributed by atoms with Gasteiger partial charge in [0, 0.05) is 37.3 Å². The first-order chi connectivity index (χ1) is 11.6. The minimum absolute atomic E-state index is 0.119. The summed E-state index contributed by atoms with van der Waals surface area (Å²) in [5.74, 6) is -0.496. The van der Waals surface area contributed by atoms with Crippen molar-refractivity contribution in [3.8, 4) is 0 Å². The number of hydrogen-bond donors (Lipinski definition) is 1. The summed E-state index contributed by atoms with van der Waals surface area (Å²) in [6.07, 6.45) is 1.63. The normalized spacial score (nSPS) is 16.5. The van der Waals surface area contributed by atoms with E-state index in [2.05, 4.69) is 17.4 Å². The zero-order valence-electron chi connectivity index (χ0n) is 13.2. The van der Waals surface area contributed by atoms with Gasteiger partial charge in [0.1, 0.15) is 11.5 Å². The number of halogens is 1. The van der Waals surface area contributed by atoms with E-state index in [1.54, 1.807) is 0 Å². The lowest BCUT2D eigenvalue weighted by Gasteiger charge is -2.38. The third-order valence-corrected chi connectivity index (χ3v) is 4.61. The Hall–Kier alpha value is -2.47. The van der Waals surface area contributed by atoms with Crippen LogP contribution in [-0.2, 0) is 10.2 Å². The molecule has 1 saturated heterocycles. The molecule has 0 aliphatic carbocycles. The van der Waals surface area contributed by atoms with E-state index in [-0.39, 0.29) is 16.8 Å². The Bertz CT molecular complexity index is 715. The van der Waals surface area contributed by atoms with Gasteiger partial charge < -0.3 is 10.1 Å². The highest BCUT2D eigenvalue weighted by atomic mass is 19.1. The van der Waals surface area contributed by atoms with Crippen molar-refractivity contribution in [1.29, 1.82) is 0 Å². The second kappa shape index (κ2) is 6.97. The van der Waals surface area contributed by atoms with Crippen LogP contribution in [0.4, 0.5) is 15.8 Å². The smallest absolute Gasteiger partial charge is 0.292 e. The van der Waals surface area contributed by atoms with Crippen molar-refractivity contribution < 1.29 is 14.1 Å². The first-order valence-corrected chi connectivity index (χ1v) is 7.92. The fourth-order valence-electron chi connectivity index (χ4n) is 3.19. The first kappa shape index (κ1) is 16.4. The number of nitro groups is 1. The molecule has 1 aliphatic heterocycles. The van der Waals surface area contributed by atoms with Gasteiger partial charge >= 0.3 is 0 Å². The van der Waals surface area contributed by atoms with E-state index < -0.39 is 10.7 Å². The van der Waals surface area contributed by atoms with E-state index >= 15 is 0 Å². The molecule has 1 heterocycles. The average Bonchev–Trinajstić information content (AvgIpc) is 2.61. The van der Waals surface area contributed by atoms with Gasteiger partial charge in [0.2, 0.25) is 0 Å². The molecule has 2 aromatic carbocycles. The van der Waals surface area contributed by atoms with Crippen LogP contribution < -0.4 is 5.32 Å². The molecule has 126 valence electrons. The Balaban J connectivity index is 1.87. The van der Waals surface area contributed by atoms with Crippen LogP contribution in [0.3, 0.4) is 0 Å². The molecule has 2 aromatic rings. The number of nitro benzene ring substituents is 1. The van der Waals surface area contributed by atoms with Crippen LogP contribution in [0.15, 0.2) is 48.5 Å². The highest BCUT2D eigenvalue weighted by molar-refractivity contribution is 5.61. The van der Waals surface area contributed by atoms with Crippen LogP contribution in [0.25, 0.3) is 0 Å². The first-order valence-electron chi connectivity index (χ1n) is 7.92. The Labute approximate surface area is 139 Å². The molecule has 0 saturated carbocycles. The molecule has 1 fully saturated rings. The fourth-order valence-corrected chi connectivity index (χ4v) is 3.19. The second-order valence-electron chi connectivity index (χ2n) is 6.03. The van der Waals surface area contributed by atoms with E-state index in [0.717, 1.165) is 18.9 Å². The molecule has 0 amide bonds. The third-order valence-electron chi connectivity index (χ3n) is 4.61. The van der Waals surface area contributed by atoms with E-state index in [4.69, 9.17) is 4.74 Å². The summed E-state index contributed by atoms with van der Waals surface area (Å²) in [5.41, 5.74) is 1.08. The SMILES string of the molecule is O=[N+]([O-])c1ccc(F)cc1NCC1(c2ccccc2)CCOCC1. The molecule has 0 bridgehead atoms. The third kappa shape index (κ3) is 3.38. The van der Waals surface area contributed by atoms with Crippen molar-refractivity contribution in [2.45, 2.75) is 18.3 Å². The predicted octanol–water partition coefficient (Wildman–Crippen LogP) is 3.89. The largest absolute Gasteiger partial charge is 0.381 e. The summed E-state index contributed by atoms with van der Waals surface area (Å²) in [7, 11) is 0. The van der Waals surface area contributed by atoms with Crippen molar-refractivity contribution in [1.82, 2.24) is 0 Å². The molecule has 0 aromatic heterocycles. The van der Waals surface area contributed by atoms with Crippen LogP contribution in [0.1, 0.15) is 18.4 Å². The Morgan fingerprint density at radius 3 is 2.54 bits per heavy atom. The van der Waals surface area contributed by atoms with E-state index in [0.29, 0.717) is 19.8 Å². The minimum atomic E-state index is -0.499. The number of nitrogens with one attached hydrogen (secondary N) is 1. The molecule has 1 aliphatic rings. The maximum atomic E-state index is 13.5. The number of hydrogen-bond acceptors (Lipinski definition) is 4. The fraction of sp³-hybridized carbons (Fsp3) is 0.333. The number of anilines is 1. The van der Waals surface area contributed by atoms with Crippen molar-refractivity contribution in [2.24, 2.45) is 0 Å². The average molecular weight is 330 g/mol. The van der Waals surface area contributed by atoms with Crippen LogP contribution in [0.5, 0.6) is 0 Å². The van der Waals surface area contributed by atoms with E-state index in [9.17, 15) is 14.5 Å². The summed E-state index contributed by atoms with van der Waals surface area (Å²) >= 11 is 0. The van der Waals surface area contributed by atoms with Crippen LogP contribution in [0, 0.1) is 15.9 Å². The van der Waals surface area contributed by atoms with Gasteiger partial charge in [0.25, 0.3) is 5.69 Å². The monoisotopic (exact) mass is 330 g/mol.